The van der Waals surface area contributed by atoms with E-state index in [1.807, 2.05) is 97.1 Å². The predicted molar refractivity (Wildman–Crippen MR) is 257 cm³/mol. The summed E-state index contributed by atoms with van der Waals surface area (Å²) in [6, 6.07) is 52.1. The molecule has 9 heteroatoms. The normalized spacial score (nSPS) is 12.5. The summed E-state index contributed by atoms with van der Waals surface area (Å²) >= 11 is 3.19. The molecule has 306 valence electrons. The van der Waals surface area contributed by atoms with E-state index < -0.39 is 23.4 Å². The molecule has 0 radical (unpaired) electrons. The Labute approximate surface area is 368 Å². The van der Waals surface area contributed by atoms with Crippen LogP contribution in [0.2, 0.25) is 0 Å². The number of halogens is 5. The third-order valence-electron chi connectivity index (χ3n) is 12.7. The van der Waals surface area contributed by atoms with Crippen molar-refractivity contribution in [3.05, 3.63) is 193 Å². The Morgan fingerprint density at radius 3 is 1.19 bits per heavy atom. The molecule has 0 N–H and O–H groups in total. The van der Waals surface area contributed by atoms with Crippen molar-refractivity contribution in [2.75, 3.05) is 0 Å². The zero-order chi connectivity index (χ0) is 43.0. The van der Waals surface area contributed by atoms with Crippen LogP contribution in [-0.2, 0) is 6.18 Å². The summed E-state index contributed by atoms with van der Waals surface area (Å²) in [5, 5.41) is 7.21. The number of benzene rings is 9. The highest BCUT2D eigenvalue weighted by Crippen LogP contribution is 2.53. The van der Waals surface area contributed by atoms with Gasteiger partial charge in [0.1, 0.15) is 17.2 Å². The van der Waals surface area contributed by atoms with Crippen molar-refractivity contribution in [2.45, 2.75) is 6.18 Å². The molecule has 0 spiro atoms. The molecular weight excluding hydrogens is 848 g/mol. The van der Waals surface area contributed by atoms with Gasteiger partial charge in [0.25, 0.3) is 0 Å². The van der Waals surface area contributed by atoms with Crippen molar-refractivity contribution in [3.63, 3.8) is 0 Å². The predicted octanol–water partition coefficient (Wildman–Crippen LogP) is 17.2. The molecule has 0 aliphatic carbocycles. The Hall–Kier alpha value is -7.33. The molecule has 0 atom stereocenters. The third kappa shape index (κ3) is 5.16. The minimum atomic E-state index is -5.08. The van der Waals surface area contributed by atoms with E-state index in [9.17, 15) is 0 Å². The van der Waals surface area contributed by atoms with Gasteiger partial charge >= 0.3 is 6.18 Å². The van der Waals surface area contributed by atoms with Crippen molar-refractivity contribution in [1.82, 2.24) is 9.13 Å². The molecule has 13 aromatic rings. The number of para-hydroxylation sites is 2. The van der Waals surface area contributed by atoms with E-state index >= 15 is 22.0 Å². The van der Waals surface area contributed by atoms with Gasteiger partial charge in [0, 0.05) is 84.1 Å². The van der Waals surface area contributed by atoms with E-state index in [2.05, 4.69) is 24.3 Å². The van der Waals surface area contributed by atoms with Gasteiger partial charge in [-0.25, -0.2) is 8.78 Å². The van der Waals surface area contributed by atoms with Crippen LogP contribution >= 0.6 is 22.7 Å². The van der Waals surface area contributed by atoms with Crippen molar-refractivity contribution < 1.29 is 22.0 Å². The van der Waals surface area contributed by atoms with E-state index in [1.54, 1.807) is 50.0 Å². The monoisotopic (exact) mass is 876 g/mol. The van der Waals surface area contributed by atoms with Gasteiger partial charge in [-0.1, -0.05) is 121 Å². The second kappa shape index (κ2) is 13.6. The lowest BCUT2D eigenvalue weighted by molar-refractivity contribution is -0.137. The van der Waals surface area contributed by atoms with Crippen molar-refractivity contribution in [3.8, 4) is 33.6 Å². The van der Waals surface area contributed by atoms with Gasteiger partial charge in [0.2, 0.25) is 0 Å². The quantitative estimate of drug-likeness (QED) is 0.156. The Morgan fingerprint density at radius 1 is 0.359 bits per heavy atom. The van der Waals surface area contributed by atoms with E-state index in [0.29, 0.717) is 22.1 Å². The van der Waals surface area contributed by atoms with Crippen LogP contribution < -0.4 is 0 Å². The number of hydrogen-bond acceptors (Lipinski definition) is 2. The van der Waals surface area contributed by atoms with Crippen molar-refractivity contribution in [2.24, 2.45) is 0 Å². The zero-order valence-electron chi connectivity index (χ0n) is 33.3. The lowest BCUT2D eigenvalue weighted by Crippen LogP contribution is -2.18. The number of hydrogen-bond donors (Lipinski definition) is 0. The summed E-state index contributed by atoms with van der Waals surface area (Å²) in [6.07, 6.45) is -5.08. The maximum absolute atomic E-state index is 17.3. The second-order valence-corrected chi connectivity index (χ2v) is 18.2. The van der Waals surface area contributed by atoms with Gasteiger partial charge in [-0.3, -0.25) is 0 Å². The van der Waals surface area contributed by atoms with E-state index in [-0.39, 0.29) is 33.6 Å². The maximum atomic E-state index is 17.3. The molecule has 9 aromatic carbocycles. The van der Waals surface area contributed by atoms with Crippen LogP contribution in [-0.4, -0.2) is 9.13 Å². The lowest BCUT2D eigenvalue weighted by Gasteiger charge is -2.27. The minimum Gasteiger partial charge on any atom is -0.308 e. The minimum absolute atomic E-state index is 0.0285. The van der Waals surface area contributed by atoms with Gasteiger partial charge in [-0.05, 0) is 54.6 Å². The fraction of sp³-hybridized carbons (Fsp3) is 0.0182. The van der Waals surface area contributed by atoms with E-state index in [4.69, 9.17) is 0 Å². The molecule has 4 heterocycles. The van der Waals surface area contributed by atoms with Crippen molar-refractivity contribution in [1.29, 1.82) is 0 Å². The number of nitrogens with zero attached hydrogens (tertiary/aromatic N) is 2. The fourth-order valence-electron chi connectivity index (χ4n) is 10.1. The first-order chi connectivity index (χ1) is 31.3. The van der Waals surface area contributed by atoms with Gasteiger partial charge in [-0.2, -0.15) is 13.2 Å². The number of thiophene rings is 2. The highest BCUT2D eigenvalue weighted by Gasteiger charge is 2.43. The second-order valence-electron chi connectivity index (χ2n) is 16.1. The number of rotatable bonds is 4. The first-order valence-electron chi connectivity index (χ1n) is 20.7. The fourth-order valence-corrected chi connectivity index (χ4v) is 12.6. The Kier molecular flexibility index (Phi) is 7.91. The first-order valence-corrected chi connectivity index (χ1v) is 22.3. The van der Waals surface area contributed by atoms with E-state index in [0.717, 1.165) is 61.9 Å². The topological polar surface area (TPSA) is 9.86 Å². The standard InChI is InChI=1S/C55H29F5N2S2/c56-40-19-7-1-13-30(40)38-29-39(31-14-2-8-20-41(31)57)52(62-43-22-10-4-18-37(43)49-45(62)28-26-35-33-16-6-12-24-47(33)64-54(35)49)50(55(58,59)60)51(38)61-42-21-9-3-17-36(42)48-44(61)27-25-34-32-15-5-11-23-46(32)63-53(34)48/h1-29H. The van der Waals surface area contributed by atoms with Gasteiger partial charge in [0.05, 0.1) is 33.4 Å². The summed E-state index contributed by atoms with van der Waals surface area (Å²) in [6.45, 7) is 0. The Bertz CT molecular complexity index is 3850. The lowest BCUT2D eigenvalue weighted by atomic mass is 9.90. The van der Waals surface area contributed by atoms with Crippen LogP contribution in [0.5, 0.6) is 0 Å². The molecule has 0 amide bonds. The molecule has 2 nitrogen and oxygen atoms in total. The summed E-state index contributed by atoms with van der Waals surface area (Å²) < 4.78 is 92.2. The average molecular weight is 877 g/mol. The van der Waals surface area contributed by atoms with Crippen molar-refractivity contribution >= 4 is 107 Å². The molecule has 0 bridgehead atoms. The van der Waals surface area contributed by atoms with Crippen LogP contribution in [0.4, 0.5) is 22.0 Å². The molecule has 0 fully saturated rings. The molecular formula is C55H29F5N2S2. The number of aromatic nitrogens is 2. The SMILES string of the molecule is Fc1ccccc1-c1cc(-c2ccccc2F)c(-n2c3ccccc3c3c4sc5ccccc5c4ccc32)c(C(F)(F)F)c1-n1c2ccccc2c2c3sc4ccccc4c3ccc21. The largest absolute Gasteiger partial charge is 0.420 e. The smallest absolute Gasteiger partial charge is 0.308 e. The molecule has 13 rings (SSSR count). The van der Waals surface area contributed by atoms with Gasteiger partial charge in [0.15, 0.2) is 0 Å². The average Bonchev–Trinajstić information content (AvgIpc) is 4.06. The summed E-state index contributed by atoms with van der Waals surface area (Å²) in [5.74, 6) is -1.42. The highest BCUT2D eigenvalue weighted by molar-refractivity contribution is 7.27. The molecule has 0 unspecified atom stereocenters. The molecule has 4 aromatic heterocycles. The van der Waals surface area contributed by atoms with Crippen LogP contribution in [0.25, 0.3) is 118 Å². The first kappa shape index (κ1) is 37.2. The van der Waals surface area contributed by atoms with Crippen LogP contribution in [0.15, 0.2) is 176 Å². The van der Waals surface area contributed by atoms with E-state index in [1.165, 1.54) is 36.4 Å². The van der Waals surface area contributed by atoms with Crippen LogP contribution in [0.3, 0.4) is 0 Å². The van der Waals surface area contributed by atoms with Gasteiger partial charge in [-0.15, -0.1) is 22.7 Å². The molecule has 0 aliphatic rings. The van der Waals surface area contributed by atoms with Crippen LogP contribution in [0.1, 0.15) is 5.56 Å². The summed E-state index contributed by atoms with van der Waals surface area (Å²) in [4.78, 5) is 0. The molecule has 0 saturated carbocycles. The molecule has 0 saturated heterocycles. The number of alkyl halides is 3. The Morgan fingerprint density at radius 2 is 0.750 bits per heavy atom. The summed E-state index contributed by atoms with van der Waals surface area (Å²) in [5.41, 5.74) is 0.410. The maximum Gasteiger partial charge on any atom is 0.420 e. The highest BCUT2D eigenvalue weighted by atomic mass is 32.1. The van der Waals surface area contributed by atoms with Crippen LogP contribution in [0, 0.1) is 11.6 Å². The number of fused-ring (bicyclic) bond motifs is 14. The Balaban J connectivity index is 1.29. The zero-order valence-corrected chi connectivity index (χ0v) is 35.0. The molecule has 0 aliphatic heterocycles. The third-order valence-corrected chi connectivity index (χ3v) is 15.1. The van der Waals surface area contributed by atoms with Gasteiger partial charge < -0.3 is 9.13 Å². The molecule has 64 heavy (non-hydrogen) atoms. The summed E-state index contributed by atoms with van der Waals surface area (Å²) in [7, 11) is 0.